The molecule has 0 amide bonds. The summed E-state index contributed by atoms with van der Waals surface area (Å²) in [5, 5.41) is 7.90. The van der Waals surface area contributed by atoms with E-state index in [0.717, 1.165) is 44.9 Å². The number of aliphatic hydroxyl groups is 1. The first-order valence-electron chi connectivity index (χ1n) is 6.58. The fourth-order valence-electron chi connectivity index (χ4n) is 1.95. The minimum Gasteiger partial charge on any atom is -0.748 e. The Kier molecular flexibility index (Phi) is 15.2. The van der Waals surface area contributed by atoms with E-state index in [2.05, 4.69) is 0 Å². The molecule has 0 saturated carbocycles. The van der Waals surface area contributed by atoms with Gasteiger partial charge in [-0.3, -0.25) is 0 Å². The van der Waals surface area contributed by atoms with E-state index in [-0.39, 0.29) is 36.2 Å². The zero-order valence-electron chi connectivity index (χ0n) is 11.7. The van der Waals surface area contributed by atoms with Crippen LogP contribution in [0.3, 0.4) is 0 Å². The normalized spacial score (nSPS) is 13.1. The second-order valence-corrected chi connectivity index (χ2v) is 6.19. The molecule has 1 unspecified atom stereocenters. The van der Waals surface area contributed by atoms with Crippen molar-refractivity contribution in [3.8, 4) is 0 Å². The van der Waals surface area contributed by atoms with Gasteiger partial charge in [0.2, 0.25) is 0 Å². The Morgan fingerprint density at radius 3 is 1.94 bits per heavy atom. The van der Waals surface area contributed by atoms with Gasteiger partial charge in [-0.15, -0.1) is 0 Å². The monoisotopic (exact) mass is 288 g/mol. The van der Waals surface area contributed by atoms with Crippen LogP contribution in [0.5, 0.6) is 0 Å². The van der Waals surface area contributed by atoms with Crippen molar-refractivity contribution in [3.63, 3.8) is 0 Å². The number of rotatable bonds is 11. The van der Waals surface area contributed by atoms with Crippen LogP contribution in [-0.2, 0) is 10.1 Å². The molecule has 0 rings (SSSR count). The summed E-state index contributed by atoms with van der Waals surface area (Å²) in [7, 11) is -4.11. The van der Waals surface area contributed by atoms with Crippen molar-refractivity contribution in [2.24, 2.45) is 0 Å². The summed E-state index contributed by atoms with van der Waals surface area (Å²) in [5.74, 6) is 0. The van der Waals surface area contributed by atoms with Crippen molar-refractivity contribution in [2.45, 2.75) is 70.0 Å². The van der Waals surface area contributed by atoms with Gasteiger partial charge in [0.1, 0.15) is 0 Å². The van der Waals surface area contributed by atoms with Gasteiger partial charge in [-0.05, 0) is 19.3 Å². The summed E-state index contributed by atoms with van der Waals surface area (Å²) in [6, 6.07) is 0. The second-order valence-electron chi connectivity index (χ2n) is 4.54. The third kappa shape index (κ3) is 11.9. The first kappa shape index (κ1) is 21.2. The Morgan fingerprint density at radius 1 is 1.00 bits per heavy atom. The van der Waals surface area contributed by atoms with Crippen LogP contribution in [0, 0.1) is 0 Å². The Morgan fingerprint density at radius 2 is 1.50 bits per heavy atom. The van der Waals surface area contributed by atoms with E-state index in [1.54, 1.807) is 0 Å². The van der Waals surface area contributed by atoms with Crippen LogP contribution in [0.4, 0.5) is 0 Å². The van der Waals surface area contributed by atoms with Crippen molar-refractivity contribution >= 4 is 10.1 Å². The van der Waals surface area contributed by atoms with Crippen LogP contribution < -0.4 is 29.6 Å². The summed E-state index contributed by atoms with van der Waals surface area (Å²) in [5.41, 5.74) is 0. The Hall–Kier alpha value is 0.870. The van der Waals surface area contributed by atoms with Crippen LogP contribution >= 0.6 is 0 Å². The third-order valence-corrected chi connectivity index (χ3v) is 4.24. The summed E-state index contributed by atoms with van der Waals surface area (Å²) < 4.78 is 32.8. The van der Waals surface area contributed by atoms with Crippen LogP contribution in [-0.4, -0.2) is 29.9 Å². The predicted molar refractivity (Wildman–Crippen MR) is 67.8 cm³/mol. The molecule has 6 heteroatoms. The van der Waals surface area contributed by atoms with Gasteiger partial charge in [0.05, 0.1) is 10.1 Å². The molecule has 0 bridgehead atoms. The van der Waals surface area contributed by atoms with Crippen molar-refractivity contribution in [1.82, 2.24) is 0 Å². The number of hydrogen-bond donors (Lipinski definition) is 1. The fraction of sp³-hybridized carbons (Fsp3) is 1.00. The Labute approximate surface area is 134 Å². The molecule has 0 fully saturated rings. The van der Waals surface area contributed by atoms with Gasteiger partial charge in [0, 0.05) is 11.9 Å². The van der Waals surface area contributed by atoms with Gasteiger partial charge in [-0.2, -0.15) is 0 Å². The Balaban J connectivity index is 0. The molecule has 1 atom stereocenters. The summed E-state index contributed by atoms with van der Waals surface area (Å²) in [4.78, 5) is 0. The molecule has 104 valence electrons. The van der Waals surface area contributed by atoms with Crippen molar-refractivity contribution in [2.75, 3.05) is 6.61 Å². The molecule has 0 aliphatic heterocycles. The average molecular weight is 288 g/mol. The fourth-order valence-corrected chi connectivity index (χ4v) is 2.93. The van der Waals surface area contributed by atoms with Gasteiger partial charge in [0.15, 0.2) is 0 Å². The molecule has 0 spiro atoms. The molecule has 0 aromatic rings. The molecule has 0 aliphatic rings. The van der Waals surface area contributed by atoms with E-state index in [1.165, 1.54) is 0 Å². The minimum absolute atomic E-state index is 0. The van der Waals surface area contributed by atoms with Gasteiger partial charge in [0.25, 0.3) is 0 Å². The van der Waals surface area contributed by atoms with Gasteiger partial charge in [-0.25, -0.2) is 8.42 Å². The number of unbranched alkanes of at least 4 members (excludes halogenated alkanes) is 5. The van der Waals surface area contributed by atoms with E-state index in [1.807, 2.05) is 6.92 Å². The second kappa shape index (κ2) is 12.9. The zero-order chi connectivity index (χ0) is 13.1. The molecule has 0 radical (unpaired) electrons. The molecular weight excluding hydrogens is 263 g/mol. The van der Waals surface area contributed by atoms with Gasteiger partial charge in [-0.1, -0.05) is 45.4 Å². The molecule has 18 heavy (non-hydrogen) atoms. The topological polar surface area (TPSA) is 77.4 Å². The Bertz CT molecular complexity index is 267. The van der Waals surface area contributed by atoms with Gasteiger partial charge >= 0.3 is 29.6 Å². The summed E-state index contributed by atoms with van der Waals surface area (Å²) in [6.45, 7) is 2.14. The SMILES string of the molecule is CCCC(CCCCCCCCO)S(=O)(=O)[O-].[Na+]. The van der Waals surface area contributed by atoms with Crippen LogP contribution in [0.25, 0.3) is 0 Å². The zero-order valence-corrected chi connectivity index (χ0v) is 14.5. The largest absolute Gasteiger partial charge is 1.00 e. The first-order valence-corrected chi connectivity index (χ1v) is 8.05. The average Bonchev–Trinajstić information content (AvgIpc) is 2.25. The quantitative estimate of drug-likeness (QED) is 0.314. The maximum Gasteiger partial charge on any atom is 1.00 e. The molecular formula is C12H25NaO4S. The van der Waals surface area contributed by atoms with Crippen LogP contribution in [0.1, 0.15) is 64.7 Å². The van der Waals surface area contributed by atoms with Crippen molar-refractivity contribution < 1.29 is 47.6 Å². The maximum absolute atomic E-state index is 10.9. The van der Waals surface area contributed by atoms with E-state index in [4.69, 9.17) is 5.11 Å². The first-order chi connectivity index (χ1) is 8.02. The third-order valence-electron chi connectivity index (χ3n) is 2.95. The van der Waals surface area contributed by atoms with Gasteiger partial charge < -0.3 is 9.66 Å². The molecule has 0 aliphatic carbocycles. The maximum atomic E-state index is 10.9. The molecule has 0 saturated heterocycles. The molecule has 4 nitrogen and oxygen atoms in total. The van der Waals surface area contributed by atoms with Crippen LogP contribution in [0.2, 0.25) is 0 Å². The van der Waals surface area contributed by atoms with Crippen molar-refractivity contribution in [1.29, 1.82) is 0 Å². The number of hydrogen-bond acceptors (Lipinski definition) is 4. The van der Waals surface area contributed by atoms with E-state index in [0.29, 0.717) is 12.8 Å². The molecule has 0 heterocycles. The molecule has 0 aromatic heterocycles. The predicted octanol–water partition coefficient (Wildman–Crippen LogP) is -0.573. The van der Waals surface area contributed by atoms with E-state index >= 15 is 0 Å². The standard InChI is InChI=1S/C12H26O4S.Na/c1-2-9-12(17(14,15)16)10-7-5-3-4-6-8-11-13;/h12-13H,2-11H2,1H3,(H,14,15,16);/q;+1/p-1. The summed E-state index contributed by atoms with van der Waals surface area (Å²) in [6.07, 6.45) is 7.49. The van der Waals surface area contributed by atoms with E-state index in [9.17, 15) is 13.0 Å². The minimum atomic E-state index is -4.11. The van der Waals surface area contributed by atoms with E-state index < -0.39 is 15.4 Å². The number of aliphatic hydroxyl groups excluding tert-OH is 1. The van der Waals surface area contributed by atoms with Crippen molar-refractivity contribution in [3.05, 3.63) is 0 Å². The van der Waals surface area contributed by atoms with Crippen LogP contribution in [0.15, 0.2) is 0 Å². The smallest absolute Gasteiger partial charge is 0.748 e. The molecule has 0 aromatic carbocycles. The molecule has 1 N–H and O–H groups in total. The summed E-state index contributed by atoms with van der Waals surface area (Å²) >= 11 is 0.